The summed E-state index contributed by atoms with van der Waals surface area (Å²) in [6.07, 6.45) is 5.75. The minimum absolute atomic E-state index is 0.257. The molecule has 2 aromatic rings. The number of hydrogen-bond donors (Lipinski definition) is 2. The van der Waals surface area contributed by atoms with Crippen LogP contribution in [0.2, 0.25) is 0 Å². The van der Waals surface area contributed by atoms with Gasteiger partial charge in [0, 0.05) is 37.2 Å². The van der Waals surface area contributed by atoms with Gasteiger partial charge in [-0.2, -0.15) is 0 Å². The van der Waals surface area contributed by atoms with Gasteiger partial charge in [0.15, 0.2) is 0 Å². The molecule has 1 aliphatic heterocycles. The smallest absolute Gasteiger partial charge is 0.274 e. The molecule has 124 valence electrons. The lowest BCUT2D eigenvalue weighted by atomic mass is 10.2. The standard InChI is InChI=1S/C18H21N5O/c1-2-10-19-18-20-11-9-16(22-18)17(24)21-14-5-7-15(8-6-14)23-12-3-4-13-23/h2,5-9,11H,1,3-4,10,12-13H2,(H,21,24)(H,19,20,22). The van der Waals surface area contributed by atoms with E-state index in [1.54, 1.807) is 18.3 Å². The van der Waals surface area contributed by atoms with E-state index < -0.39 is 0 Å². The monoisotopic (exact) mass is 323 g/mol. The summed E-state index contributed by atoms with van der Waals surface area (Å²) in [7, 11) is 0. The van der Waals surface area contributed by atoms with Gasteiger partial charge in [-0.25, -0.2) is 9.97 Å². The molecule has 0 aliphatic carbocycles. The Hall–Kier alpha value is -2.89. The largest absolute Gasteiger partial charge is 0.372 e. The van der Waals surface area contributed by atoms with Crippen molar-refractivity contribution in [2.45, 2.75) is 12.8 Å². The lowest BCUT2D eigenvalue weighted by Crippen LogP contribution is -2.18. The van der Waals surface area contributed by atoms with Crippen molar-refractivity contribution >= 4 is 23.2 Å². The van der Waals surface area contributed by atoms with Crippen LogP contribution in [0.4, 0.5) is 17.3 Å². The summed E-state index contributed by atoms with van der Waals surface area (Å²) in [5.41, 5.74) is 2.27. The molecule has 3 rings (SSSR count). The van der Waals surface area contributed by atoms with Crippen molar-refractivity contribution in [3.63, 3.8) is 0 Å². The molecule has 1 aromatic heterocycles. The van der Waals surface area contributed by atoms with Crippen molar-refractivity contribution in [1.82, 2.24) is 9.97 Å². The van der Waals surface area contributed by atoms with Gasteiger partial charge < -0.3 is 15.5 Å². The second-order valence-corrected chi connectivity index (χ2v) is 5.63. The highest BCUT2D eigenvalue weighted by molar-refractivity contribution is 6.03. The van der Waals surface area contributed by atoms with E-state index in [0.717, 1.165) is 18.8 Å². The van der Waals surface area contributed by atoms with E-state index in [2.05, 4.69) is 32.1 Å². The number of nitrogens with one attached hydrogen (secondary N) is 2. The van der Waals surface area contributed by atoms with Gasteiger partial charge in [-0.3, -0.25) is 4.79 Å². The van der Waals surface area contributed by atoms with Gasteiger partial charge in [0.2, 0.25) is 5.95 Å². The maximum Gasteiger partial charge on any atom is 0.274 e. The van der Waals surface area contributed by atoms with Crippen molar-refractivity contribution in [3.05, 3.63) is 54.9 Å². The number of benzene rings is 1. The molecule has 0 radical (unpaired) electrons. The molecule has 0 saturated carbocycles. The van der Waals surface area contributed by atoms with Crippen LogP contribution >= 0.6 is 0 Å². The number of carbonyl (C=O) groups excluding carboxylic acids is 1. The van der Waals surface area contributed by atoms with Crippen LogP contribution in [0.5, 0.6) is 0 Å². The van der Waals surface area contributed by atoms with Crippen LogP contribution in [0.25, 0.3) is 0 Å². The van der Waals surface area contributed by atoms with Gasteiger partial charge in [-0.1, -0.05) is 6.08 Å². The number of anilines is 3. The zero-order valence-electron chi connectivity index (χ0n) is 13.5. The average Bonchev–Trinajstić information content (AvgIpc) is 3.15. The predicted molar refractivity (Wildman–Crippen MR) is 96.6 cm³/mol. The molecule has 1 fully saturated rings. The summed E-state index contributed by atoms with van der Waals surface area (Å²) >= 11 is 0. The molecule has 1 saturated heterocycles. The third-order valence-corrected chi connectivity index (χ3v) is 3.89. The first-order chi connectivity index (χ1) is 11.8. The van der Waals surface area contributed by atoms with Crippen LogP contribution in [0.1, 0.15) is 23.3 Å². The van der Waals surface area contributed by atoms with E-state index in [0.29, 0.717) is 18.2 Å². The number of carbonyl (C=O) groups is 1. The predicted octanol–water partition coefficient (Wildman–Crippen LogP) is 2.93. The minimum Gasteiger partial charge on any atom is -0.372 e. The third kappa shape index (κ3) is 3.90. The van der Waals surface area contributed by atoms with Gasteiger partial charge in [0.25, 0.3) is 5.91 Å². The lowest BCUT2D eigenvalue weighted by molar-refractivity contribution is 0.102. The molecule has 24 heavy (non-hydrogen) atoms. The summed E-state index contributed by atoms with van der Waals surface area (Å²) in [5, 5.41) is 5.83. The molecular formula is C18H21N5O. The van der Waals surface area contributed by atoms with E-state index in [1.165, 1.54) is 18.5 Å². The van der Waals surface area contributed by atoms with Crippen LogP contribution < -0.4 is 15.5 Å². The topological polar surface area (TPSA) is 70.2 Å². The van der Waals surface area contributed by atoms with Crippen molar-refractivity contribution < 1.29 is 4.79 Å². The van der Waals surface area contributed by atoms with Crippen molar-refractivity contribution in [3.8, 4) is 0 Å². The number of rotatable bonds is 6. The summed E-state index contributed by atoms with van der Waals surface area (Å²) < 4.78 is 0. The van der Waals surface area contributed by atoms with Crippen molar-refractivity contribution in [2.24, 2.45) is 0 Å². The highest BCUT2D eigenvalue weighted by atomic mass is 16.1. The Kier molecular flexibility index (Phi) is 5.05. The molecule has 1 amide bonds. The van der Waals surface area contributed by atoms with Crippen molar-refractivity contribution in [1.29, 1.82) is 0 Å². The van der Waals surface area contributed by atoms with Crippen LogP contribution in [-0.4, -0.2) is 35.5 Å². The van der Waals surface area contributed by atoms with Crippen LogP contribution in [-0.2, 0) is 0 Å². The van der Waals surface area contributed by atoms with Crippen LogP contribution in [0.15, 0.2) is 49.2 Å². The zero-order chi connectivity index (χ0) is 16.8. The van der Waals surface area contributed by atoms with Gasteiger partial charge in [-0.05, 0) is 43.2 Å². The molecule has 6 nitrogen and oxygen atoms in total. The van der Waals surface area contributed by atoms with E-state index in [1.807, 2.05) is 24.3 Å². The first-order valence-corrected chi connectivity index (χ1v) is 8.10. The van der Waals surface area contributed by atoms with E-state index in [-0.39, 0.29) is 5.91 Å². The first-order valence-electron chi connectivity index (χ1n) is 8.10. The average molecular weight is 323 g/mol. The van der Waals surface area contributed by atoms with Crippen LogP contribution in [0.3, 0.4) is 0 Å². The second kappa shape index (κ2) is 7.59. The number of aromatic nitrogens is 2. The molecular weight excluding hydrogens is 302 g/mol. The third-order valence-electron chi connectivity index (χ3n) is 3.89. The van der Waals surface area contributed by atoms with Gasteiger partial charge >= 0.3 is 0 Å². The van der Waals surface area contributed by atoms with Gasteiger partial charge in [0.1, 0.15) is 5.69 Å². The molecule has 0 spiro atoms. The number of nitrogens with zero attached hydrogens (tertiary/aromatic N) is 3. The van der Waals surface area contributed by atoms with Gasteiger partial charge in [0.05, 0.1) is 0 Å². The number of amides is 1. The Morgan fingerprint density at radius 2 is 1.96 bits per heavy atom. The molecule has 2 N–H and O–H groups in total. The maximum absolute atomic E-state index is 12.3. The molecule has 0 bridgehead atoms. The molecule has 0 unspecified atom stereocenters. The number of hydrogen-bond acceptors (Lipinski definition) is 5. The molecule has 2 heterocycles. The fourth-order valence-corrected chi connectivity index (χ4v) is 2.66. The summed E-state index contributed by atoms with van der Waals surface area (Å²) in [5.74, 6) is 0.153. The molecule has 6 heteroatoms. The Morgan fingerprint density at radius 1 is 1.21 bits per heavy atom. The van der Waals surface area contributed by atoms with E-state index >= 15 is 0 Å². The minimum atomic E-state index is -0.257. The normalized spacial score (nSPS) is 13.6. The van der Waals surface area contributed by atoms with E-state index in [9.17, 15) is 4.79 Å². The maximum atomic E-state index is 12.3. The zero-order valence-corrected chi connectivity index (χ0v) is 13.5. The molecule has 0 atom stereocenters. The quantitative estimate of drug-likeness (QED) is 0.800. The fourth-order valence-electron chi connectivity index (χ4n) is 2.66. The Balaban J connectivity index is 1.64. The summed E-state index contributed by atoms with van der Waals surface area (Å²) in [6.45, 7) is 6.38. The fraction of sp³-hybridized carbons (Fsp3) is 0.278. The molecule has 1 aliphatic rings. The highest BCUT2D eigenvalue weighted by Crippen LogP contribution is 2.22. The highest BCUT2D eigenvalue weighted by Gasteiger charge is 2.13. The lowest BCUT2D eigenvalue weighted by Gasteiger charge is -2.17. The molecule has 1 aromatic carbocycles. The van der Waals surface area contributed by atoms with Crippen molar-refractivity contribution in [2.75, 3.05) is 35.2 Å². The Labute approximate surface area is 141 Å². The van der Waals surface area contributed by atoms with Crippen LogP contribution in [0, 0.1) is 0 Å². The summed E-state index contributed by atoms with van der Waals surface area (Å²) in [6, 6.07) is 9.51. The summed E-state index contributed by atoms with van der Waals surface area (Å²) in [4.78, 5) is 22.9. The second-order valence-electron chi connectivity index (χ2n) is 5.63. The van der Waals surface area contributed by atoms with Gasteiger partial charge in [-0.15, -0.1) is 6.58 Å². The SMILES string of the molecule is C=CCNc1nccc(C(=O)Nc2ccc(N3CCCC3)cc2)n1. The Morgan fingerprint density at radius 3 is 2.67 bits per heavy atom. The first kappa shape index (κ1) is 16.0. The van der Waals surface area contributed by atoms with E-state index in [4.69, 9.17) is 0 Å². The Bertz CT molecular complexity index is 708.